The largest absolute Gasteiger partial charge is 0.489 e. The maximum Gasteiger partial charge on any atom is 0.257 e. The number of methoxy groups -OCH3 is 1. The molecule has 0 saturated heterocycles. The maximum absolute atomic E-state index is 13.7. The van der Waals surface area contributed by atoms with Crippen molar-refractivity contribution < 1.29 is 28.1 Å². The molecule has 0 N–H and O–H groups in total. The van der Waals surface area contributed by atoms with Gasteiger partial charge in [0.25, 0.3) is 5.91 Å². The fraction of sp³-hybridized carbons (Fsp3) is 0.350. The Bertz CT molecular complexity index is 783. The van der Waals surface area contributed by atoms with Crippen LogP contribution in [0.25, 0.3) is 0 Å². The highest BCUT2D eigenvalue weighted by Gasteiger charge is 2.24. The number of halogens is 1. The third kappa shape index (κ3) is 4.68. The van der Waals surface area contributed by atoms with Crippen LogP contribution < -0.4 is 14.2 Å². The zero-order chi connectivity index (χ0) is 19.1. The zero-order valence-corrected chi connectivity index (χ0v) is 15.2. The average Bonchev–Trinajstić information content (AvgIpc) is 2.71. The quantitative estimate of drug-likeness (QED) is 0.710. The van der Waals surface area contributed by atoms with Gasteiger partial charge in [-0.1, -0.05) is 18.2 Å². The number of hydrogen-bond acceptors (Lipinski definition) is 5. The molecular formula is C20H22FNO5. The van der Waals surface area contributed by atoms with E-state index < -0.39 is 5.82 Å². The van der Waals surface area contributed by atoms with Crippen LogP contribution in [0, 0.1) is 5.82 Å². The molecule has 0 bridgehead atoms. The van der Waals surface area contributed by atoms with Crippen molar-refractivity contribution in [3.05, 3.63) is 53.8 Å². The lowest BCUT2D eigenvalue weighted by atomic mass is 10.1. The molecule has 0 fully saturated rings. The van der Waals surface area contributed by atoms with Gasteiger partial charge in [-0.05, 0) is 24.3 Å². The lowest BCUT2D eigenvalue weighted by Crippen LogP contribution is -2.37. The summed E-state index contributed by atoms with van der Waals surface area (Å²) in [5, 5.41) is 0. The third-order valence-electron chi connectivity index (χ3n) is 4.10. The van der Waals surface area contributed by atoms with E-state index in [0.29, 0.717) is 43.4 Å². The van der Waals surface area contributed by atoms with E-state index in [1.165, 1.54) is 6.07 Å². The molecule has 0 atom stereocenters. The molecule has 0 spiro atoms. The minimum Gasteiger partial charge on any atom is -0.489 e. The predicted octanol–water partition coefficient (Wildman–Crippen LogP) is 2.76. The summed E-state index contributed by atoms with van der Waals surface area (Å²) in [6, 6.07) is 11.4. The van der Waals surface area contributed by atoms with Gasteiger partial charge in [0.1, 0.15) is 19.8 Å². The number of carbonyl (C=O) groups is 1. The van der Waals surface area contributed by atoms with Crippen molar-refractivity contribution in [3.8, 4) is 17.2 Å². The first-order chi connectivity index (χ1) is 13.2. The van der Waals surface area contributed by atoms with E-state index in [-0.39, 0.29) is 24.8 Å². The average molecular weight is 375 g/mol. The summed E-state index contributed by atoms with van der Waals surface area (Å²) in [5.74, 6) is 0.513. The summed E-state index contributed by atoms with van der Waals surface area (Å²) in [4.78, 5) is 14.6. The Morgan fingerprint density at radius 3 is 2.67 bits per heavy atom. The molecule has 6 nitrogen and oxygen atoms in total. The van der Waals surface area contributed by atoms with E-state index in [4.69, 9.17) is 18.9 Å². The summed E-state index contributed by atoms with van der Waals surface area (Å²) < 4.78 is 35.4. The number of rotatable bonds is 8. The molecule has 3 rings (SSSR count). The lowest BCUT2D eigenvalue weighted by Gasteiger charge is -2.26. The predicted molar refractivity (Wildman–Crippen MR) is 97.1 cm³/mol. The van der Waals surface area contributed by atoms with E-state index in [1.54, 1.807) is 48.4 Å². The van der Waals surface area contributed by atoms with Crippen LogP contribution in [0.15, 0.2) is 42.5 Å². The smallest absolute Gasteiger partial charge is 0.257 e. The van der Waals surface area contributed by atoms with Crippen molar-refractivity contribution in [1.82, 2.24) is 4.90 Å². The van der Waals surface area contributed by atoms with Crippen molar-refractivity contribution in [2.45, 2.75) is 0 Å². The number of carbonyl (C=O) groups excluding carboxylic acids is 1. The molecule has 2 aromatic rings. The van der Waals surface area contributed by atoms with Crippen LogP contribution in [0.4, 0.5) is 4.39 Å². The first-order valence-electron chi connectivity index (χ1n) is 8.75. The molecule has 0 unspecified atom stereocenters. The lowest BCUT2D eigenvalue weighted by molar-refractivity contribution is 0.0655. The van der Waals surface area contributed by atoms with Crippen LogP contribution in [0.5, 0.6) is 17.2 Å². The van der Waals surface area contributed by atoms with Gasteiger partial charge in [-0.25, -0.2) is 4.39 Å². The summed E-state index contributed by atoms with van der Waals surface area (Å²) in [5.41, 5.74) is 0.425. The van der Waals surface area contributed by atoms with Gasteiger partial charge >= 0.3 is 0 Å². The van der Waals surface area contributed by atoms with E-state index >= 15 is 0 Å². The SMILES string of the molecule is COCCN(CCOc1ccccc1F)C(=O)c1cccc2c1OCCO2. The second kappa shape index (κ2) is 9.23. The molecular weight excluding hydrogens is 353 g/mol. The fourth-order valence-corrected chi connectivity index (χ4v) is 2.76. The minimum absolute atomic E-state index is 0.156. The summed E-state index contributed by atoms with van der Waals surface area (Å²) in [7, 11) is 1.57. The van der Waals surface area contributed by atoms with Gasteiger partial charge in [-0.2, -0.15) is 0 Å². The van der Waals surface area contributed by atoms with Gasteiger partial charge in [-0.3, -0.25) is 4.79 Å². The number of hydrogen-bond donors (Lipinski definition) is 0. The van der Waals surface area contributed by atoms with Gasteiger partial charge < -0.3 is 23.8 Å². The highest BCUT2D eigenvalue weighted by Crippen LogP contribution is 2.34. The first-order valence-corrected chi connectivity index (χ1v) is 8.75. The molecule has 0 aliphatic carbocycles. The van der Waals surface area contributed by atoms with E-state index in [1.807, 2.05) is 0 Å². The number of ether oxygens (including phenoxy) is 4. The van der Waals surface area contributed by atoms with Gasteiger partial charge in [0.2, 0.25) is 0 Å². The Morgan fingerprint density at radius 1 is 1.07 bits per heavy atom. The van der Waals surface area contributed by atoms with E-state index in [9.17, 15) is 9.18 Å². The fourth-order valence-electron chi connectivity index (χ4n) is 2.76. The molecule has 1 aliphatic rings. The maximum atomic E-state index is 13.7. The van der Waals surface area contributed by atoms with Crippen molar-refractivity contribution in [1.29, 1.82) is 0 Å². The Balaban J connectivity index is 1.70. The van der Waals surface area contributed by atoms with Crippen molar-refractivity contribution in [3.63, 3.8) is 0 Å². The Kier molecular flexibility index (Phi) is 6.49. The Labute approximate surface area is 157 Å². The summed E-state index contributed by atoms with van der Waals surface area (Å²) in [6.45, 7) is 2.03. The molecule has 7 heteroatoms. The molecule has 0 saturated carbocycles. The normalized spacial score (nSPS) is 12.5. The molecule has 1 heterocycles. The molecule has 2 aromatic carbocycles. The van der Waals surface area contributed by atoms with E-state index in [2.05, 4.69) is 0 Å². The zero-order valence-electron chi connectivity index (χ0n) is 15.2. The molecule has 1 amide bonds. The van der Waals surface area contributed by atoms with Crippen LogP contribution in [0.2, 0.25) is 0 Å². The first kappa shape index (κ1) is 19.0. The molecule has 27 heavy (non-hydrogen) atoms. The molecule has 144 valence electrons. The van der Waals surface area contributed by atoms with Gasteiger partial charge in [0.15, 0.2) is 23.1 Å². The standard InChI is InChI=1S/C20H22FNO5/c1-24-11-9-22(10-12-25-17-7-3-2-6-16(17)21)20(23)15-5-4-8-18-19(15)27-14-13-26-18/h2-8H,9-14H2,1H3. The van der Waals surface area contributed by atoms with Gasteiger partial charge in [0.05, 0.1) is 18.7 Å². The Morgan fingerprint density at radius 2 is 1.85 bits per heavy atom. The van der Waals surface area contributed by atoms with Crippen molar-refractivity contribution >= 4 is 5.91 Å². The van der Waals surface area contributed by atoms with Crippen molar-refractivity contribution in [2.75, 3.05) is 46.6 Å². The topological polar surface area (TPSA) is 57.2 Å². The summed E-state index contributed by atoms with van der Waals surface area (Å²) >= 11 is 0. The van der Waals surface area contributed by atoms with Gasteiger partial charge in [0, 0.05) is 13.7 Å². The molecule has 0 radical (unpaired) electrons. The number of benzene rings is 2. The van der Waals surface area contributed by atoms with Crippen LogP contribution in [-0.4, -0.2) is 57.4 Å². The van der Waals surface area contributed by atoms with Crippen LogP contribution >= 0.6 is 0 Å². The van der Waals surface area contributed by atoms with Crippen LogP contribution in [0.1, 0.15) is 10.4 Å². The molecule has 0 aromatic heterocycles. The number of para-hydroxylation sites is 2. The van der Waals surface area contributed by atoms with E-state index in [0.717, 1.165) is 0 Å². The summed E-state index contributed by atoms with van der Waals surface area (Å²) in [6.07, 6.45) is 0. The third-order valence-corrected chi connectivity index (χ3v) is 4.10. The Hall–Kier alpha value is -2.80. The van der Waals surface area contributed by atoms with Crippen molar-refractivity contribution in [2.24, 2.45) is 0 Å². The molecule has 1 aliphatic heterocycles. The number of nitrogens with zero attached hydrogens (tertiary/aromatic N) is 1. The highest BCUT2D eigenvalue weighted by molar-refractivity contribution is 5.98. The minimum atomic E-state index is -0.435. The van der Waals surface area contributed by atoms with Crippen LogP contribution in [-0.2, 0) is 4.74 Å². The highest BCUT2D eigenvalue weighted by atomic mass is 19.1. The monoisotopic (exact) mass is 375 g/mol. The van der Waals surface area contributed by atoms with Gasteiger partial charge in [-0.15, -0.1) is 0 Å². The van der Waals surface area contributed by atoms with Crippen LogP contribution in [0.3, 0.4) is 0 Å². The number of amides is 1. The second-order valence-electron chi connectivity index (χ2n) is 5.89. The second-order valence-corrected chi connectivity index (χ2v) is 5.89. The number of fused-ring (bicyclic) bond motifs is 1.